The number of ether oxygens (including phenoxy) is 2. The topological polar surface area (TPSA) is 178 Å². The second-order valence-corrected chi connectivity index (χ2v) is 5.65. The van der Waals surface area contributed by atoms with Crippen LogP contribution in [0.25, 0.3) is 0 Å². The first-order valence-corrected chi connectivity index (χ1v) is 7.14. The third-order valence-corrected chi connectivity index (χ3v) is 4.12. The van der Waals surface area contributed by atoms with Crippen LogP contribution >= 0.6 is 0 Å². The van der Waals surface area contributed by atoms with Gasteiger partial charge in [0.05, 0.1) is 25.4 Å². The van der Waals surface area contributed by atoms with Gasteiger partial charge in [-0.1, -0.05) is 0 Å². The van der Waals surface area contributed by atoms with Crippen molar-refractivity contribution >= 4 is 0 Å². The Labute approximate surface area is 127 Å². The van der Waals surface area contributed by atoms with Gasteiger partial charge in [0.1, 0.15) is 30.5 Å². The Morgan fingerprint density at radius 2 is 1.68 bits per heavy atom. The molecule has 10 heteroatoms. The van der Waals surface area contributed by atoms with Gasteiger partial charge in [0, 0.05) is 12.6 Å². The van der Waals surface area contributed by atoms with Gasteiger partial charge in [0.25, 0.3) is 0 Å². The van der Waals surface area contributed by atoms with Gasteiger partial charge in [-0.3, -0.25) is 0 Å². The van der Waals surface area contributed by atoms with Crippen molar-refractivity contribution < 1.29 is 40.1 Å². The van der Waals surface area contributed by atoms with Crippen LogP contribution in [0.1, 0.15) is 0 Å². The molecule has 2 aliphatic rings. The summed E-state index contributed by atoms with van der Waals surface area (Å²) in [6.07, 6.45) is -9.22. The fourth-order valence-corrected chi connectivity index (χ4v) is 2.70. The number of aliphatic hydroxyl groups excluding tert-OH is 6. The molecule has 0 aromatic heterocycles. The van der Waals surface area contributed by atoms with Gasteiger partial charge in [0.15, 0.2) is 6.29 Å². The molecule has 0 spiro atoms. The molecular weight excluding hydrogens is 300 g/mol. The van der Waals surface area contributed by atoms with Gasteiger partial charge in [-0.2, -0.15) is 0 Å². The molecule has 9 N–H and O–H groups in total. The van der Waals surface area contributed by atoms with Crippen LogP contribution in [0.4, 0.5) is 0 Å². The van der Waals surface area contributed by atoms with E-state index in [-0.39, 0.29) is 13.2 Å². The molecule has 2 aliphatic heterocycles. The monoisotopic (exact) mass is 324 g/mol. The highest BCUT2D eigenvalue weighted by Crippen LogP contribution is 2.25. The molecule has 2 saturated heterocycles. The summed E-state index contributed by atoms with van der Waals surface area (Å²) in [5.74, 6) is 0. The SMILES string of the molecule is N[C@@H]1CN[C@H](CO)[C@@H](O)[C@@H]1O[C@H]1O[C@H](CO)[C@@H](O)[C@H](O)[C@@H]1O. The Bertz CT molecular complexity index is 360. The molecule has 2 rings (SSSR count). The first-order valence-electron chi connectivity index (χ1n) is 7.14. The van der Waals surface area contributed by atoms with E-state index in [1.54, 1.807) is 0 Å². The van der Waals surface area contributed by atoms with Crippen LogP contribution in [-0.4, -0.2) is 105 Å². The van der Waals surface area contributed by atoms with Crippen molar-refractivity contribution in [2.45, 2.75) is 55.0 Å². The van der Waals surface area contributed by atoms with Crippen LogP contribution in [0.5, 0.6) is 0 Å². The zero-order valence-electron chi connectivity index (χ0n) is 11.9. The highest BCUT2D eigenvalue weighted by atomic mass is 16.7. The highest BCUT2D eigenvalue weighted by molar-refractivity contribution is 4.97. The second kappa shape index (κ2) is 7.45. The van der Waals surface area contributed by atoms with Crippen LogP contribution in [-0.2, 0) is 9.47 Å². The van der Waals surface area contributed by atoms with E-state index >= 15 is 0 Å². The predicted octanol–water partition coefficient (Wildman–Crippen LogP) is -5.18. The quantitative estimate of drug-likeness (QED) is 0.249. The van der Waals surface area contributed by atoms with Gasteiger partial charge in [0.2, 0.25) is 0 Å². The third kappa shape index (κ3) is 3.41. The number of aliphatic hydroxyl groups is 6. The normalized spacial score (nSPS) is 50.0. The van der Waals surface area contributed by atoms with Gasteiger partial charge in [-0.15, -0.1) is 0 Å². The maximum Gasteiger partial charge on any atom is 0.187 e. The summed E-state index contributed by atoms with van der Waals surface area (Å²) in [5.41, 5.74) is 5.85. The highest BCUT2D eigenvalue weighted by Gasteiger charge is 2.47. The van der Waals surface area contributed by atoms with E-state index in [1.807, 2.05) is 0 Å². The van der Waals surface area contributed by atoms with Crippen molar-refractivity contribution in [3.8, 4) is 0 Å². The van der Waals surface area contributed by atoms with Gasteiger partial charge in [-0.25, -0.2) is 0 Å². The summed E-state index contributed by atoms with van der Waals surface area (Å²) < 4.78 is 10.7. The molecule has 0 bridgehead atoms. The van der Waals surface area contributed by atoms with Crippen molar-refractivity contribution in [2.24, 2.45) is 5.73 Å². The molecule has 2 heterocycles. The number of hydrogen-bond acceptors (Lipinski definition) is 10. The number of rotatable bonds is 4. The Hall–Kier alpha value is -0.400. The summed E-state index contributed by atoms with van der Waals surface area (Å²) in [7, 11) is 0. The number of hydrogen-bond donors (Lipinski definition) is 8. The molecule has 9 atom stereocenters. The largest absolute Gasteiger partial charge is 0.395 e. The molecule has 10 nitrogen and oxygen atoms in total. The first-order chi connectivity index (χ1) is 10.4. The Morgan fingerprint density at radius 3 is 2.27 bits per heavy atom. The standard InChI is InChI=1S/C12H24N2O8/c13-4-1-14-5(2-15)7(17)11(4)22-12-10(20)9(19)8(18)6(3-16)21-12/h4-12,14-20H,1-3,13H2/t4-,5-,6-,7-,8-,9+,10+,11-,12-/m1/s1. The van der Waals surface area contributed by atoms with Crippen molar-refractivity contribution in [3.05, 3.63) is 0 Å². The number of nitrogens with one attached hydrogen (secondary N) is 1. The molecular formula is C12H24N2O8. The molecule has 130 valence electrons. The van der Waals surface area contributed by atoms with Crippen LogP contribution in [0.15, 0.2) is 0 Å². The minimum absolute atomic E-state index is 0.268. The molecule has 0 aromatic rings. The van der Waals surface area contributed by atoms with Gasteiger partial charge < -0.3 is 51.2 Å². The molecule has 0 aromatic carbocycles. The van der Waals surface area contributed by atoms with E-state index in [0.29, 0.717) is 0 Å². The van der Waals surface area contributed by atoms with Gasteiger partial charge >= 0.3 is 0 Å². The minimum atomic E-state index is -1.57. The molecule has 0 radical (unpaired) electrons. The molecule has 22 heavy (non-hydrogen) atoms. The zero-order chi connectivity index (χ0) is 16.4. The molecule has 0 amide bonds. The lowest BCUT2D eigenvalue weighted by Crippen LogP contribution is -2.67. The summed E-state index contributed by atoms with van der Waals surface area (Å²) in [5, 5.41) is 60.6. The van der Waals surface area contributed by atoms with Crippen molar-refractivity contribution in [1.29, 1.82) is 0 Å². The lowest BCUT2D eigenvalue weighted by Gasteiger charge is -2.44. The Balaban J connectivity index is 2.07. The smallest absolute Gasteiger partial charge is 0.187 e. The van der Waals surface area contributed by atoms with Crippen molar-refractivity contribution in [2.75, 3.05) is 19.8 Å². The van der Waals surface area contributed by atoms with E-state index in [9.17, 15) is 25.5 Å². The van der Waals surface area contributed by atoms with Crippen molar-refractivity contribution in [1.82, 2.24) is 5.32 Å². The van der Waals surface area contributed by atoms with E-state index in [1.165, 1.54) is 0 Å². The number of nitrogens with two attached hydrogens (primary N) is 1. The average molecular weight is 324 g/mol. The lowest BCUT2D eigenvalue weighted by molar-refractivity contribution is -0.320. The second-order valence-electron chi connectivity index (χ2n) is 5.65. The Kier molecular flexibility index (Phi) is 6.07. The lowest BCUT2D eigenvalue weighted by atomic mass is 9.94. The van der Waals surface area contributed by atoms with Crippen molar-refractivity contribution in [3.63, 3.8) is 0 Å². The summed E-state index contributed by atoms with van der Waals surface area (Å²) in [4.78, 5) is 0. The molecule has 2 fully saturated rings. The average Bonchev–Trinajstić information content (AvgIpc) is 2.51. The summed E-state index contributed by atoms with van der Waals surface area (Å²) >= 11 is 0. The molecule has 0 saturated carbocycles. The van der Waals surface area contributed by atoms with Crippen LogP contribution in [0, 0.1) is 0 Å². The van der Waals surface area contributed by atoms with E-state index in [0.717, 1.165) is 0 Å². The Morgan fingerprint density at radius 1 is 1.00 bits per heavy atom. The fraction of sp³-hybridized carbons (Fsp3) is 1.00. The third-order valence-electron chi connectivity index (χ3n) is 4.12. The maximum atomic E-state index is 10.1. The van der Waals surface area contributed by atoms with E-state index < -0.39 is 61.6 Å². The molecule has 0 aliphatic carbocycles. The fourth-order valence-electron chi connectivity index (χ4n) is 2.70. The number of piperidine rings is 1. The summed E-state index contributed by atoms with van der Waals surface area (Å²) in [6.45, 7) is -0.641. The minimum Gasteiger partial charge on any atom is -0.395 e. The van der Waals surface area contributed by atoms with E-state index in [2.05, 4.69) is 5.32 Å². The molecule has 0 unspecified atom stereocenters. The van der Waals surface area contributed by atoms with Crippen LogP contribution in [0.2, 0.25) is 0 Å². The van der Waals surface area contributed by atoms with Crippen LogP contribution < -0.4 is 11.1 Å². The van der Waals surface area contributed by atoms with E-state index in [4.69, 9.17) is 20.3 Å². The first kappa shape index (κ1) is 17.9. The van der Waals surface area contributed by atoms with Gasteiger partial charge in [-0.05, 0) is 0 Å². The predicted molar refractivity (Wildman–Crippen MR) is 71.5 cm³/mol. The maximum absolute atomic E-state index is 10.1. The zero-order valence-corrected chi connectivity index (χ0v) is 11.9. The van der Waals surface area contributed by atoms with Crippen LogP contribution in [0.3, 0.4) is 0 Å². The summed E-state index contributed by atoms with van der Waals surface area (Å²) in [6, 6.07) is -1.28.